The van der Waals surface area contributed by atoms with Crippen LogP contribution in [0.25, 0.3) is 0 Å². The van der Waals surface area contributed by atoms with Crippen LogP contribution in [0.3, 0.4) is 0 Å². The maximum Gasteiger partial charge on any atom is 0.269 e. The molecule has 0 aliphatic carbocycles. The summed E-state index contributed by atoms with van der Waals surface area (Å²) in [6, 6.07) is 10.3. The molecule has 2 rings (SSSR count). The van der Waals surface area contributed by atoms with Crippen molar-refractivity contribution in [1.82, 2.24) is 16.2 Å². The molecule has 3 amide bonds. The summed E-state index contributed by atoms with van der Waals surface area (Å²) in [6.07, 6.45) is 1.19. The van der Waals surface area contributed by atoms with E-state index in [1.807, 2.05) is 39.8 Å². The van der Waals surface area contributed by atoms with Gasteiger partial charge in [0.1, 0.15) is 5.75 Å². The van der Waals surface area contributed by atoms with Gasteiger partial charge in [0.2, 0.25) is 5.91 Å². The van der Waals surface area contributed by atoms with Gasteiger partial charge in [-0.2, -0.15) is 0 Å². The third-order valence-electron chi connectivity index (χ3n) is 4.72. The molecule has 10 heteroatoms. The zero-order chi connectivity index (χ0) is 25.3. The summed E-state index contributed by atoms with van der Waals surface area (Å²) in [4.78, 5) is 36.1. The summed E-state index contributed by atoms with van der Waals surface area (Å²) >= 11 is 8.57. The maximum absolute atomic E-state index is 12.3. The van der Waals surface area contributed by atoms with E-state index in [4.69, 9.17) is 17.0 Å². The number of rotatable bonds is 8. The predicted octanol–water partition coefficient (Wildman–Crippen LogP) is 4.33. The molecule has 4 N–H and O–H groups in total. The van der Waals surface area contributed by atoms with Crippen LogP contribution < -0.4 is 26.2 Å². The molecule has 34 heavy (non-hydrogen) atoms. The van der Waals surface area contributed by atoms with Crippen molar-refractivity contribution in [3.8, 4) is 5.75 Å². The molecule has 0 saturated carbocycles. The van der Waals surface area contributed by atoms with Crippen LogP contribution in [0.4, 0.5) is 5.69 Å². The smallest absolute Gasteiger partial charge is 0.269 e. The van der Waals surface area contributed by atoms with Gasteiger partial charge in [-0.05, 0) is 79.0 Å². The SMILES string of the molecule is CCCC(=O)Nc1ccc(C(=O)NNC(=S)NC(=O)COc2cc(C)c(Br)cc2C(C)C)cc1. The molecular weight excluding hydrogens is 520 g/mol. The lowest BCUT2D eigenvalue weighted by Crippen LogP contribution is -2.49. The van der Waals surface area contributed by atoms with Gasteiger partial charge in [-0.15, -0.1) is 0 Å². The topological polar surface area (TPSA) is 109 Å². The number of halogens is 1. The number of hydrazine groups is 1. The van der Waals surface area contributed by atoms with Crippen LogP contribution in [0, 0.1) is 6.92 Å². The minimum atomic E-state index is -0.464. The standard InChI is InChI=1S/C24H29BrN4O4S/c1-5-6-21(30)26-17-9-7-16(8-10-17)23(32)28-29-24(34)27-22(31)13-33-20-11-15(4)19(25)12-18(20)14(2)3/h7-12,14H,5-6,13H2,1-4H3,(H,26,30)(H,28,32)(H2,27,29,31,34). The number of amides is 3. The highest BCUT2D eigenvalue weighted by Crippen LogP contribution is 2.32. The lowest BCUT2D eigenvalue weighted by atomic mass is 10.0. The number of nitrogens with one attached hydrogen (secondary N) is 4. The molecule has 0 aromatic heterocycles. The Morgan fingerprint density at radius 2 is 1.74 bits per heavy atom. The van der Waals surface area contributed by atoms with E-state index in [2.05, 4.69) is 37.4 Å². The summed E-state index contributed by atoms with van der Waals surface area (Å²) in [7, 11) is 0. The molecule has 0 heterocycles. The van der Waals surface area contributed by atoms with Crippen LogP contribution >= 0.6 is 28.1 Å². The number of hydrogen-bond donors (Lipinski definition) is 4. The lowest BCUT2D eigenvalue weighted by Gasteiger charge is -2.16. The van der Waals surface area contributed by atoms with Crippen molar-refractivity contribution in [2.24, 2.45) is 0 Å². The zero-order valence-corrected chi connectivity index (χ0v) is 22.0. The van der Waals surface area contributed by atoms with Crippen LogP contribution in [0.5, 0.6) is 5.75 Å². The van der Waals surface area contributed by atoms with Crippen LogP contribution in [-0.4, -0.2) is 29.4 Å². The Hall–Kier alpha value is -2.98. The maximum atomic E-state index is 12.3. The van der Waals surface area contributed by atoms with E-state index in [0.717, 1.165) is 22.0 Å². The fourth-order valence-electron chi connectivity index (χ4n) is 2.93. The van der Waals surface area contributed by atoms with Crippen molar-refractivity contribution in [3.05, 3.63) is 57.6 Å². The molecular formula is C24H29BrN4O4S. The highest BCUT2D eigenvalue weighted by Gasteiger charge is 2.14. The number of thiocarbonyl (C=S) groups is 1. The minimum Gasteiger partial charge on any atom is -0.483 e. The lowest BCUT2D eigenvalue weighted by molar-refractivity contribution is -0.121. The molecule has 8 nitrogen and oxygen atoms in total. The highest BCUT2D eigenvalue weighted by atomic mass is 79.9. The Morgan fingerprint density at radius 1 is 1.06 bits per heavy atom. The summed E-state index contributed by atoms with van der Waals surface area (Å²) < 4.78 is 6.69. The first-order valence-electron chi connectivity index (χ1n) is 10.8. The van der Waals surface area contributed by atoms with E-state index < -0.39 is 11.8 Å². The molecule has 0 aliphatic heterocycles. The molecule has 0 unspecified atom stereocenters. The first kappa shape index (κ1) is 27.3. The van der Waals surface area contributed by atoms with Gasteiger partial charge in [-0.3, -0.25) is 30.6 Å². The van der Waals surface area contributed by atoms with Gasteiger partial charge in [0, 0.05) is 22.1 Å². The predicted molar refractivity (Wildman–Crippen MR) is 140 cm³/mol. The molecule has 0 radical (unpaired) electrons. The van der Waals surface area contributed by atoms with Gasteiger partial charge in [0.15, 0.2) is 11.7 Å². The Morgan fingerprint density at radius 3 is 2.35 bits per heavy atom. The first-order chi connectivity index (χ1) is 16.1. The molecule has 2 aromatic carbocycles. The van der Waals surface area contributed by atoms with E-state index in [9.17, 15) is 14.4 Å². The zero-order valence-electron chi connectivity index (χ0n) is 19.6. The van der Waals surface area contributed by atoms with Crippen LogP contribution in [0.1, 0.15) is 61.0 Å². The number of hydrogen-bond acceptors (Lipinski definition) is 5. The fourth-order valence-corrected chi connectivity index (χ4v) is 3.45. The number of carbonyl (C=O) groups is 3. The van der Waals surface area contributed by atoms with E-state index in [0.29, 0.717) is 23.4 Å². The number of benzene rings is 2. The third kappa shape index (κ3) is 8.42. The molecule has 182 valence electrons. The molecule has 0 atom stereocenters. The van der Waals surface area contributed by atoms with Gasteiger partial charge in [-0.1, -0.05) is 36.7 Å². The number of anilines is 1. The normalized spacial score (nSPS) is 10.4. The third-order valence-corrected chi connectivity index (χ3v) is 5.78. The van der Waals surface area contributed by atoms with E-state index in [-0.39, 0.29) is 23.5 Å². The van der Waals surface area contributed by atoms with Crippen molar-refractivity contribution in [2.75, 3.05) is 11.9 Å². The summed E-state index contributed by atoms with van der Waals surface area (Å²) in [5.41, 5.74) is 7.84. The van der Waals surface area contributed by atoms with Gasteiger partial charge in [0.25, 0.3) is 11.8 Å². The van der Waals surface area contributed by atoms with E-state index >= 15 is 0 Å². The Bertz CT molecular complexity index is 1060. The molecule has 0 spiro atoms. The van der Waals surface area contributed by atoms with Gasteiger partial charge >= 0.3 is 0 Å². The number of carbonyl (C=O) groups excluding carboxylic acids is 3. The van der Waals surface area contributed by atoms with Gasteiger partial charge < -0.3 is 10.1 Å². The Balaban J connectivity index is 1.82. The molecule has 0 fully saturated rings. The Labute approximate surface area is 213 Å². The minimum absolute atomic E-state index is 0.0681. The van der Waals surface area contributed by atoms with Crippen LogP contribution in [0.15, 0.2) is 40.9 Å². The van der Waals surface area contributed by atoms with Crippen molar-refractivity contribution in [1.29, 1.82) is 0 Å². The summed E-state index contributed by atoms with van der Waals surface area (Å²) in [6.45, 7) is 7.72. The van der Waals surface area contributed by atoms with Crippen LogP contribution in [0.2, 0.25) is 0 Å². The second-order valence-electron chi connectivity index (χ2n) is 7.91. The molecule has 2 aromatic rings. The van der Waals surface area contributed by atoms with Crippen molar-refractivity contribution in [3.63, 3.8) is 0 Å². The average Bonchev–Trinajstić information content (AvgIpc) is 2.78. The summed E-state index contributed by atoms with van der Waals surface area (Å²) in [5.74, 6) is -0.149. The average molecular weight is 549 g/mol. The molecule has 0 aliphatic rings. The highest BCUT2D eigenvalue weighted by molar-refractivity contribution is 9.10. The number of aryl methyl sites for hydroxylation is 1. The van der Waals surface area contributed by atoms with E-state index in [1.54, 1.807) is 24.3 Å². The molecule has 0 saturated heterocycles. The van der Waals surface area contributed by atoms with Crippen molar-refractivity contribution in [2.45, 2.75) is 46.5 Å². The monoisotopic (exact) mass is 548 g/mol. The fraction of sp³-hybridized carbons (Fsp3) is 0.333. The first-order valence-corrected chi connectivity index (χ1v) is 12.0. The Kier molecular flexibility index (Phi) is 10.5. The quantitative estimate of drug-likeness (QED) is 0.288. The van der Waals surface area contributed by atoms with Crippen LogP contribution in [-0.2, 0) is 9.59 Å². The van der Waals surface area contributed by atoms with E-state index in [1.165, 1.54) is 0 Å². The largest absolute Gasteiger partial charge is 0.483 e. The molecule has 0 bridgehead atoms. The number of ether oxygens (including phenoxy) is 1. The van der Waals surface area contributed by atoms with Crippen molar-refractivity contribution < 1.29 is 19.1 Å². The second kappa shape index (κ2) is 13.0. The van der Waals surface area contributed by atoms with Gasteiger partial charge in [0.05, 0.1) is 0 Å². The van der Waals surface area contributed by atoms with Gasteiger partial charge in [-0.25, -0.2) is 0 Å². The summed E-state index contributed by atoms with van der Waals surface area (Å²) in [5, 5.41) is 5.14. The van der Waals surface area contributed by atoms with Crippen molar-refractivity contribution >= 4 is 56.7 Å². The second-order valence-corrected chi connectivity index (χ2v) is 9.18.